The molecule has 0 fully saturated rings. The molecule has 0 radical (unpaired) electrons. The van der Waals surface area contributed by atoms with Crippen LogP contribution < -0.4 is 4.72 Å². The largest absolute Gasteiger partial charge is 0.242 e. The van der Waals surface area contributed by atoms with Gasteiger partial charge in [-0.2, -0.15) is 0 Å². The van der Waals surface area contributed by atoms with Gasteiger partial charge in [-0.05, 0) is 56.2 Å². The van der Waals surface area contributed by atoms with Gasteiger partial charge in [0.05, 0.1) is 21.8 Å². The summed E-state index contributed by atoms with van der Waals surface area (Å²) in [7, 11) is -1.19. The summed E-state index contributed by atoms with van der Waals surface area (Å²) in [4.78, 5) is 0. The summed E-state index contributed by atoms with van der Waals surface area (Å²) >= 11 is 6.96. The van der Waals surface area contributed by atoms with Crippen molar-refractivity contribution in [3.05, 3.63) is 81.3 Å². The predicted octanol–water partition coefficient (Wildman–Crippen LogP) is 6.27. The van der Waals surface area contributed by atoms with E-state index in [0.29, 0.717) is 0 Å². The third-order valence-electron chi connectivity index (χ3n) is 3.89. The average molecular weight is 485 g/mol. The van der Waals surface area contributed by atoms with Crippen LogP contribution in [0, 0.1) is 0 Å². The van der Waals surface area contributed by atoms with Gasteiger partial charge in [0.25, 0.3) is 0 Å². The number of hydrogen-bond acceptors (Lipinski definition) is 1. The fourth-order valence-electron chi connectivity index (χ4n) is 2.46. The molecule has 2 aromatic carbocycles. The fraction of sp³-hybridized carbons (Fsp3) is 0.300. The number of halogens is 2. The SMILES string of the molecule is C=C[C@@H](c1ccc(Br)cc1)[C@H](NS(=O)C(C)(C)C)c1ccc(Br)cc1. The van der Waals surface area contributed by atoms with Crippen molar-refractivity contribution >= 4 is 42.8 Å². The first-order chi connectivity index (χ1) is 11.7. The molecular weight excluding hydrogens is 462 g/mol. The second-order valence-electron chi connectivity index (χ2n) is 6.84. The Morgan fingerprint density at radius 2 is 1.40 bits per heavy atom. The maximum absolute atomic E-state index is 12.8. The van der Waals surface area contributed by atoms with Crippen LogP contribution in [0.3, 0.4) is 0 Å². The first kappa shape index (κ1) is 20.6. The van der Waals surface area contributed by atoms with Gasteiger partial charge in [0.1, 0.15) is 0 Å². The zero-order chi connectivity index (χ0) is 18.6. The summed E-state index contributed by atoms with van der Waals surface area (Å²) in [6, 6.07) is 16.2. The summed E-state index contributed by atoms with van der Waals surface area (Å²) in [6.07, 6.45) is 1.92. The number of rotatable bonds is 6. The van der Waals surface area contributed by atoms with Gasteiger partial charge in [-0.15, -0.1) is 6.58 Å². The van der Waals surface area contributed by atoms with Gasteiger partial charge in [-0.25, -0.2) is 8.93 Å². The van der Waals surface area contributed by atoms with E-state index in [4.69, 9.17) is 0 Å². The van der Waals surface area contributed by atoms with Gasteiger partial charge < -0.3 is 0 Å². The predicted molar refractivity (Wildman–Crippen MR) is 115 cm³/mol. The lowest BCUT2D eigenvalue weighted by molar-refractivity contribution is 0.566. The summed E-state index contributed by atoms with van der Waals surface area (Å²) in [5.74, 6) is 0.000533. The third-order valence-corrected chi connectivity index (χ3v) is 6.52. The van der Waals surface area contributed by atoms with Gasteiger partial charge in [0.2, 0.25) is 0 Å². The van der Waals surface area contributed by atoms with Crippen molar-refractivity contribution in [2.24, 2.45) is 0 Å². The van der Waals surface area contributed by atoms with Crippen molar-refractivity contribution in [1.82, 2.24) is 4.72 Å². The van der Waals surface area contributed by atoms with Crippen LogP contribution in [-0.2, 0) is 11.0 Å². The van der Waals surface area contributed by atoms with Gasteiger partial charge in [0.15, 0.2) is 0 Å². The molecule has 0 aliphatic heterocycles. The minimum absolute atomic E-state index is 0.000533. The number of nitrogens with one attached hydrogen (secondary N) is 1. The molecule has 2 nitrogen and oxygen atoms in total. The second kappa shape index (κ2) is 8.76. The van der Waals surface area contributed by atoms with Crippen molar-refractivity contribution in [1.29, 1.82) is 0 Å². The van der Waals surface area contributed by atoms with Crippen molar-refractivity contribution < 1.29 is 4.21 Å². The van der Waals surface area contributed by atoms with E-state index in [1.165, 1.54) is 0 Å². The maximum Gasteiger partial charge on any atom is 0.0976 e. The Hall–Kier alpha value is -0.750. The molecule has 0 heterocycles. The van der Waals surface area contributed by atoms with Crippen molar-refractivity contribution in [3.8, 4) is 0 Å². The van der Waals surface area contributed by atoms with Gasteiger partial charge in [-0.3, -0.25) is 0 Å². The first-order valence-electron chi connectivity index (χ1n) is 8.04. The van der Waals surface area contributed by atoms with Crippen molar-refractivity contribution in [3.63, 3.8) is 0 Å². The Balaban J connectivity index is 2.44. The lowest BCUT2D eigenvalue weighted by Gasteiger charge is -2.29. The Bertz CT molecular complexity index is 736. The van der Waals surface area contributed by atoms with Crippen LogP contribution in [0.15, 0.2) is 70.1 Å². The Kier molecular flexibility index (Phi) is 7.20. The van der Waals surface area contributed by atoms with Crippen molar-refractivity contribution in [2.75, 3.05) is 0 Å². The summed E-state index contributed by atoms with van der Waals surface area (Å²) in [5, 5.41) is 0. The van der Waals surface area contributed by atoms with Crippen LogP contribution in [-0.4, -0.2) is 8.96 Å². The molecule has 25 heavy (non-hydrogen) atoms. The van der Waals surface area contributed by atoms with E-state index < -0.39 is 11.0 Å². The Morgan fingerprint density at radius 1 is 0.960 bits per heavy atom. The van der Waals surface area contributed by atoms with E-state index >= 15 is 0 Å². The zero-order valence-corrected chi connectivity index (χ0v) is 18.6. The molecule has 0 saturated carbocycles. The highest BCUT2D eigenvalue weighted by Crippen LogP contribution is 2.34. The van der Waals surface area contributed by atoms with Gasteiger partial charge >= 0.3 is 0 Å². The summed E-state index contributed by atoms with van der Waals surface area (Å²) in [6.45, 7) is 9.94. The molecule has 1 N–H and O–H groups in total. The monoisotopic (exact) mass is 483 g/mol. The molecule has 0 aromatic heterocycles. The molecule has 1 unspecified atom stereocenters. The molecule has 2 aromatic rings. The van der Waals surface area contributed by atoms with Gasteiger partial charge in [-0.1, -0.05) is 62.2 Å². The molecule has 3 atom stereocenters. The molecule has 2 rings (SSSR count). The van der Waals surface area contributed by atoms with Crippen LogP contribution in [0.5, 0.6) is 0 Å². The lowest BCUT2D eigenvalue weighted by Crippen LogP contribution is -2.37. The van der Waals surface area contributed by atoms with Crippen molar-refractivity contribution in [2.45, 2.75) is 37.5 Å². The highest BCUT2D eigenvalue weighted by molar-refractivity contribution is 9.10. The summed E-state index contributed by atoms with van der Waals surface area (Å²) < 4.78 is 17.8. The zero-order valence-electron chi connectivity index (χ0n) is 14.6. The van der Waals surface area contributed by atoms with Crippen LogP contribution in [0.4, 0.5) is 0 Å². The number of benzene rings is 2. The van der Waals surface area contributed by atoms with E-state index in [9.17, 15) is 4.21 Å². The van der Waals surface area contributed by atoms with Crippen LogP contribution >= 0.6 is 31.9 Å². The lowest BCUT2D eigenvalue weighted by atomic mass is 9.88. The first-order valence-corrected chi connectivity index (χ1v) is 10.8. The standard InChI is InChI=1S/C20H23Br2NOS/c1-5-18(14-6-10-16(21)11-7-14)19(23-25(24)20(2,3)4)15-8-12-17(22)13-9-15/h5-13,18-19,23H,1H2,2-4H3/t18-,19+,25?/m0/s1. The van der Waals surface area contributed by atoms with E-state index in [-0.39, 0.29) is 16.7 Å². The quantitative estimate of drug-likeness (QED) is 0.480. The van der Waals surface area contributed by atoms with Crippen LogP contribution in [0.1, 0.15) is 43.9 Å². The van der Waals surface area contributed by atoms with Crippen LogP contribution in [0.2, 0.25) is 0 Å². The van der Waals surface area contributed by atoms with E-state index in [1.807, 2.05) is 51.1 Å². The van der Waals surface area contributed by atoms with Crippen LogP contribution in [0.25, 0.3) is 0 Å². The molecular formula is C20H23Br2NOS. The molecule has 5 heteroatoms. The molecule has 0 aliphatic carbocycles. The molecule has 0 saturated heterocycles. The summed E-state index contributed by atoms with van der Waals surface area (Å²) in [5.41, 5.74) is 2.21. The normalized spacial score (nSPS) is 15.4. The van der Waals surface area contributed by atoms with E-state index in [1.54, 1.807) is 0 Å². The third kappa shape index (κ3) is 5.61. The molecule has 0 spiro atoms. The topological polar surface area (TPSA) is 29.1 Å². The van der Waals surface area contributed by atoms with E-state index in [0.717, 1.165) is 20.1 Å². The highest BCUT2D eigenvalue weighted by atomic mass is 79.9. The smallest absolute Gasteiger partial charge is 0.0976 e. The minimum Gasteiger partial charge on any atom is -0.242 e. The molecule has 0 bridgehead atoms. The number of hydrogen-bond donors (Lipinski definition) is 1. The Labute approximate surface area is 170 Å². The maximum atomic E-state index is 12.8. The Morgan fingerprint density at radius 3 is 1.80 bits per heavy atom. The minimum atomic E-state index is -1.19. The average Bonchev–Trinajstić information content (AvgIpc) is 2.56. The molecule has 0 amide bonds. The fourth-order valence-corrected chi connectivity index (χ4v) is 3.86. The van der Waals surface area contributed by atoms with E-state index in [2.05, 4.69) is 67.4 Å². The second-order valence-corrected chi connectivity index (χ2v) is 10.7. The molecule has 134 valence electrons. The highest BCUT2D eigenvalue weighted by Gasteiger charge is 2.28. The molecule has 0 aliphatic rings. The van der Waals surface area contributed by atoms with Gasteiger partial charge in [0, 0.05) is 14.9 Å².